The number of amides is 1. The van der Waals surface area contributed by atoms with E-state index in [4.69, 9.17) is 10.2 Å². The normalized spacial score (nSPS) is 11.3. The Morgan fingerprint density at radius 1 is 1.41 bits per heavy atom. The van der Waals surface area contributed by atoms with Crippen LogP contribution in [0.5, 0.6) is 0 Å². The number of rotatable bonds is 5. The number of aryl methyl sites for hydroxylation is 2. The van der Waals surface area contributed by atoms with Crippen LogP contribution in [0.1, 0.15) is 28.0 Å². The van der Waals surface area contributed by atoms with Crippen molar-refractivity contribution < 1.29 is 9.21 Å². The summed E-state index contributed by atoms with van der Waals surface area (Å²) >= 11 is 1.35. The molecule has 0 bridgehead atoms. The van der Waals surface area contributed by atoms with Crippen LogP contribution >= 0.6 is 36.2 Å². The van der Waals surface area contributed by atoms with Gasteiger partial charge in [-0.25, -0.2) is 4.98 Å². The van der Waals surface area contributed by atoms with E-state index in [0.717, 1.165) is 16.5 Å². The number of halogens is 2. The van der Waals surface area contributed by atoms with Crippen molar-refractivity contribution in [3.05, 3.63) is 28.5 Å². The molecule has 124 valence electrons. The van der Waals surface area contributed by atoms with Gasteiger partial charge in [-0.05, 0) is 38.4 Å². The number of aromatic nitrogens is 1. The molecule has 8 heteroatoms. The number of hydrogen-bond donors (Lipinski definition) is 2. The highest BCUT2D eigenvalue weighted by molar-refractivity contribution is 7.17. The minimum Gasteiger partial charge on any atom is -0.459 e. The van der Waals surface area contributed by atoms with Crippen molar-refractivity contribution in [2.75, 3.05) is 13.1 Å². The van der Waals surface area contributed by atoms with E-state index in [1.54, 1.807) is 0 Å². The number of nitrogens with two attached hydrogens (primary N) is 1. The summed E-state index contributed by atoms with van der Waals surface area (Å²) in [5, 5.41) is 3.61. The van der Waals surface area contributed by atoms with Gasteiger partial charge in [0.1, 0.15) is 10.6 Å². The van der Waals surface area contributed by atoms with Gasteiger partial charge in [0.15, 0.2) is 10.8 Å². The van der Waals surface area contributed by atoms with Gasteiger partial charge >= 0.3 is 0 Å². The number of furan rings is 1. The number of nitrogens with zero attached hydrogens (tertiary/aromatic N) is 1. The molecule has 2 aromatic heterocycles. The summed E-state index contributed by atoms with van der Waals surface area (Å²) < 4.78 is 5.53. The lowest BCUT2D eigenvalue weighted by atomic mass is 10.2. The highest BCUT2D eigenvalue weighted by atomic mass is 35.5. The fourth-order valence-electron chi connectivity index (χ4n) is 1.69. The second kappa shape index (κ2) is 9.15. The third-order valence-corrected chi connectivity index (χ3v) is 4.14. The fourth-order valence-corrected chi connectivity index (χ4v) is 2.64. The van der Waals surface area contributed by atoms with Crippen molar-refractivity contribution in [2.24, 2.45) is 11.7 Å². The molecule has 1 amide bonds. The Bertz CT molecular complexity index is 613. The summed E-state index contributed by atoms with van der Waals surface area (Å²) in [5.41, 5.74) is 6.26. The van der Waals surface area contributed by atoms with Gasteiger partial charge < -0.3 is 15.5 Å². The molecule has 0 saturated carbocycles. The predicted octanol–water partition coefficient (Wildman–Crippen LogP) is 3.19. The van der Waals surface area contributed by atoms with E-state index >= 15 is 0 Å². The molecule has 2 aromatic rings. The summed E-state index contributed by atoms with van der Waals surface area (Å²) in [4.78, 5) is 17.1. The Balaban J connectivity index is 0.00000220. The Labute approximate surface area is 146 Å². The third-order valence-electron chi connectivity index (χ3n) is 2.97. The molecule has 1 unspecified atom stereocenters. The van der Waals surface area contributed by atoms with Crippen molar-refractivity contribution in [1.29, 1.82) is 0 Å². The number of hydrogen-bond acceptors (Lipinski definition) is 5. The average Bonchev–Trinajstić information content (AvgIpc) is 3.01. The van der Waals surface area contributed by atoms with Crippen LogP contribution in [-0.2, 0) is 0 Å². The van der Waals surface area contributed by atoms with E-state index in [0.29, 0.717) is 23.7 Å². The van der Waals surface area contributed by atoms with Crippen LogP contribution in [0.15, 0.2) is 16.5 Å². The summed E-state index contributed by atoms with van der Waals surface area (Å²) in [7, 11) is 0. The van der Waals surface area contributed by atoms with Crippen molar-refractivity contribution in [3.8, 4) is 10.8 Å². The summed E-state index contributed by atoms with van der Waals surface area (Å²) in [6.45, 7) is 6.83. The van der Waals surface area contributed by atoms with Gasteiger partial charge in [0.05, 0.1) is 5.69 Å². The molecule has 22 heavy (non-hydrogen) atoms. The smallest absolute Gasteiger partial charge is 0.263 e. The molecular formula is C14H21Cl2N3O2S. The number of nitrogens with one attached hydrogen (secondary N) is 1. The van der Waals surface area contributed by atoms with Crippen LogP contribution in [0.4, 0.5) is 0 Å². The van der Waals surface area contributed by atoms with Crippen molar-refractivity contribution in [2.45, 2.75) is 20.8 Å². The first-order valence-electron chi connectivity index (χ1n) is 6.53. The number of carbonyl (C=O) groups is 1. The van der Waals surface area contributed by atoms with Crippen LogP contribution < -0.4 is 11.1 Å². The Morgan fingerprint density at radius 3 is 2.64 bits per heavy atom. The van der Waals surface area contributed by atoms with Gasteiger partial charge in [-0.15, -0.1) is 36.2 Å². The van der Waals surface area contributed by atoms with Gasteiger partial charge in [0, 0.05) is 6.54 Å². The van der Waals surface area contributed by atoms with E-state index in [-0.39, 0.29) is 36.6 Å². The zero-order chi connectivity index (χ0) is 14.7. The standard InChI is InChI=1S/C14H19N3O2S.2ClH/c1-8(6-15)7-16-13(18)12-10(3)17-14(20-12)11-5-4-9(2)19-11;;/h4-5,8H,6-7,15H2,1-3H3,(H,16,18);2*1H. The van der Waals surface area contributed by atoms with E-state index in [2.05, 4.69) is 10.3 Å². The monoisotopic (exact) mass is 365 g/mol. The van der Waals surface area contributed by atoms with Gasteiger partial charge in [-0.3, -0.25) is 4.79 Å². The molecule has 0 aliphatic carbocycles. The molecule has 0 spiro atoms. The van der Waals surface area contributed by atoms with Gasteiger partial charge in [-0.1, -0.05) is 6.92 Å². The van der Waals surface area contributed by atoms with E-state index in [1.165, 1.54) is 11.3 Å². The lowest BCUT2D eigenvalue weighted by Gasteiger charge is -2.09. The van der Waals surface area contributed by atoms with Crippen molar-refractivity contribution >= 4 is 42.1 Å². The summed E-state index contributed by atoms with van der Waals surface area (Å²) in [6.07, 6.45) is 0. The highest BCUT2D eigenvalue weighted by Crippen LogP contribution is 2.29. The number of thiazole rings is 1. The molecule has 0 aliphatic heterocycles. The number of carbonyl (C=O) groups excluding carboxylic acids is 1. The molecule has 0 radical (unpaired) electrons. The van der Waals surface area contributed by atoms with Crippen LogP contribution in [0, 0.1) is 19.8 Å². The summed E-state index contributed by atoms with van der Waals surface area (Å²) in [5.74, 6) is 1.69. The Kier molecular flexibility index (Phi) is 8.70. The molecule has 2 rings (SSSR count). The lowest BCUT2D eigenvalue weighted by molar-refractivity contribution is 0.0952. The maximum atomic E-state index is 12.1. The average molecular weight is 366 g/mol. The predicted molar refractivity (Wildman–Crippen MR) is 94.3 cm³/mol. The van der Waals surface area contributed by atoms with E-state index in [1.807, 2.05) is 32.9 Å². The quantitative estimate of drug-likeness (QED) is 0.852. The van der Waals surface area contributed by atoms with Crippen molar-refractivity contribution in [3.63, 3.8) is 0 Å². The molecule has 5 nitrogen and oxygen atoms in total. The maximum absolute atomic E-state index is 12.1. The van der Waals surface area contributed by atoms with Crippen LogP contribution in [0.25, 0.3) is 10.8 Å². The maximum Gasteiger partial charge on any atom is 0.263 e. The second-order valence-corrected chi connectivity index (χ2v) is 5.89. The van der Waals surface area contributed by atoms with Gasteiger partial charge in [0.25, 0.3) is 5.91 Å². The zero-order valence-electron chi connectivity index (χ0n) is 12.7. The molecule has 2 heterocycles. The molecule has 0 saturated heterocycles. The second-order valence-electron chi connectivity index (χ2n) is 4.89. The fraction of sp³-hybridized carbons (Fsp3) is 0.429. The molecule has 0 aliphatic rings. The molecule has 1 atom stereocenters. The van der Waals surface area contributed by atoms with Gasteiger partial charge in [-0.2, -0.15) is 0 Å². The Morgan fingerprint density at radius 2 is 2.09 bits per heavy atom. The van der Waals surface area contributed by atoms with Crippen LogP contribution in [-0.4, -0.2) is 24.0 Å². The first kappa shape index (κ1) is 20.9. The zero-order valence-corrected chi connectivity index (χ0v) is 15.2. The summed E-state index contributed by atoms with van der Waals surface area (Å²) in [6, 6.07) is 3.75. The lowest BCUT2D eigenvalue weighted by Crippen LogP contribution is -2.31. The minimum atomic E-state index is -0.102. The molecule has 0 fully saturated rings. The van der Waals surface area contributed by atoms with E-state index in [9.17, 15) is 4.79 Å². The molecule has 0 aromatic carbocycles. The molecular weight excluding hydrogens is 345 g/mol. The third kappa shape index (κ3) is 4.98. The first-order chi connectivity index (χ1) is 9.51. The van der Waals surface area contributed by atoms with Crippen LogP contribution in [0.3, 0.4) is 0 Å². The van der Waals surface area contributed by atoms with Gasteiger partial charge in [0.2, 0.25) is 0 Å². The van der Waals surface area contributed by atoms with Crippen LogP contribution in [0.2, 0.25) is 0 Å². The topological polar surface area (TPSA) is 81.2 Å². The van der Waals surface area contributed by atoms with Crippen molar-refractivity contribution in [1.82, 2.24) is 10.3 Å². The first-order valence-corrected chi connectivity index (χ1v) is 7.35. The highest BCUT2D eigenvalue weighted by Gasteiger charge is 2.17. The minimum absolute atomic E-state index is 0. The van der Waals surface area contributed by atoms with E-state index < -0.39 is 0 Å². The SMILES string of the molecule is Cc1ccc(-c2nc(C)c(C(=O)NCC(C)CN)s2)o1.Cl.Cl. The Hall–Kier alpha value is -1.08. The largest absolute Gasteiger partial charge is 0.459 e. The molecule has 3 N–H and O–H groups in total.